The molecule has 0 radical (unpaired) electrons. The van der Waals surface area contributed by atoms with Crippen LogP contribution in [-0.2, 0) is 6.42 Å². The van der Waals surface area contributed by atoms with E-state index in [1.165, 1.54) is 22.3 Å². The fourth-order valence-electron chi connectivity index (χ4n) is 2.68. The molecule has 0 spiro atoms. The van der Waals surface area contributed by atoms with Crippen LogP contribution < -0.4 is 0 Å². The molecule has 2 aliphatic rings. The van der Waals surface area contributed by atoms with Gasteiger partial charge in [-0.25, -0.2) is 0 Å². The second-order valence-electron chi connectivity index (χ2n) is 4.19. The van der Waals surface area contributed by atoms with Gasteiger partial charge in [0, 0.05) is 12.0 Å². The molecule has 15 heavy (non-hydrogen) atoms. The molecule has 74 valence electrons. The zero-order chi connectivity index (χ0) is 10.3. The molecule has 0 aromatic heterocycles. The van der Waals surface area contributed by atoms with E-state index in [0.717, 1.165) is 31.4 Å². The molecule has 1 aromatic carbocycles. The standard InChI is InChI=1S/C13H12N2/c14-15-13-7-3-6-11-10-5-2-1-4-9(10)8-12(11)13/h1-2,4-5H,3,6-8H2. The van der Waals surface area contributed by atoms with E-state index in [9.17, 15) is 0 Å². The Balaban J connectivity index is 2.18. The molecule has 0 aliphatic heterocycles. The van der Waals surface area contributed by atoms with Gasteiger partial charge in [0.25, 0.3) is 5.71 Å². The molecule has 0 bridgehead atoms. The molecular weight excluding hydrogens is 184 g/mol. The highest BCUT2D eigenvalue weighted by molar-refractivity contribution is 6.07. The van der Waals surface area contributed by atoms with E-state index in [1.807, 2.05) is 0 Å². The van der Waals surface area contributed by atoms with Crippen LogP contribution in [0.3, 0.4) is 0 Å². The number of benzene rings is 1. The minimum absolute atomic E-state index is 0.896. The van der Waals surface area contributed by atoms with Crippen molar-refractivity contribution in [3.8, 4) is 0 Å². The van der Waals surface area contributed by atoms with Gasteiger partial charge in [0.15, 0.2) is 0 Å². The smallest absolute Gasteiger partial charge is 0.295 e. The lowest BCUT2D eigenvalue weighted by Crippen LogP contribution is -2.10. The Bertz CT molecular complexity index is 505. The minimum Gasteiger partial charge on any atom is -0.361 e. The van der Waals surface area contributed by atoms with E-state index >= 15 is 0 Å². The third kappa shape index (κ3) is 1.19. The van der Waals surface area contributed by atoms with Gasteiger partial charge in [0.1, 0.15) is 0 Å². The summed E-state index contributed by atoms with van der Waals surface area (Å²) in [5.74, 6) is 0. The van der Waals surface area contributed by atoms with Crippen LogP contribution in [0.25, 0.3) is 11.1 Å². The van der Waals surface area contributed by atoms with Gasteiger partial charge in [-0.2, -0.15) is 4.79 Å². The van der Waals surface area contributed by atoms with Crippen LogP contribution in [0.2, 0.25) is 0 Å². The summed E-state index contributed by atoms with van der Waals surface area (Å²) in [4.78, 5) is 3.43. The normalized spacial score (nSPS) is 18.5. The first kappa shape index (κ1) is 8.63. The highest BCUT2D eigenvalue weighted by atomic mass is 14.9. The first-order valence-electron chi connectivity index (χ1n) is 5.42. The summed E-state index contributed by atoms with van der Waals surface area (Å²) in [6.07, 6.45) is 4.10. The number of hydrogen-bond acceptors (Lipinski definition) is 0. The third-order valence-corrected chi connectivity index (χ3v) is 3.38. The lowest BCUT2D eigenvalue weighted by atomic mass is 9.90. The Hall–Kier alpha value is -1.66. The van der Waals surface area contributed by atoms with Crippen molar-refractivity contribution in [2.45, 2.75) is 25.7 Å². The van der Waals surface area contributed by atoms with Crippen molar-refractivity contribution in [3.05, 3.63) is 46.5 Å². The topological polar surface area (TPSA) is 36.4 Å². The van der Waals surface area contributed by atoms with Gasteiger partial charge in [-0.1, -0.05) is 24.3 Å². The van der Waals surface area contributed by atoms with Crippen LogP contribution in [0.4, 0.5) is 0 Å². The summed E-state index contributed by atoms with van der Waals surface area (Å²) < 4.78 is 0. The average molecular weight is 196 g/mol. The van der Waals surface area contributed by atoms with Gasteiger partial charge in [0.05, 0.1) is 6.42 Å². The maximum absolute atomic E-state index is 8.97. The summed E-state index contributed by atoms with van der Waals surface area (Å²) in [6.45, 7) is 0. The van der Waals surface area contributed by atoms with E-state index in [4.69, 9.17) is 5.53 Å². The van der Waals surface area contributed by atoms with E-state index in [2.05, 4.69) is 29.1 Å². The molecule has 2 aliphatic carbocycles. The maximum atomic E-state index is 8.97. The Morgan fingerprint density at radius 3 is 2.80 bits per heavy atom. The van der Waals surface area contributed by atoms with E-state index in [1.54, 1.807) is 0 Å². The first-order chi connectivity index (χ1) is 7.40. The molecule has 1 aromatic rings. The molecule has 3 rings (SSSR count). The summed E-state index contributed by atoms with van der Waals surface area (Å²) in [6, 6.07) is 8.51. The molecule has 0 saturated heterocycles. The Morgan fingerprint density at radius 2 is 1.93 bits per heavy atom. The van der Waals surface area contributed by atoms with Gasteiger partial charge in [-0.05, 0) is 29.5 Å². The summed E-state index contributed by atoms with van der Waals surface area (Å²) in [5, 5.41) is 0. The van der Waals surface area contributed by atoms with Gasteiger partial charge in [-0.15, -0.1) is 0 Å². The van der Waals surface area contributed by atoms with Crippen molar-refractivity contribution < 1.29 is 4.79 Å². The zero-order valence-corrected chi connectivity index (χ0v) is 8.53. The second-order valence-corrected chi connectivity index (χ2v) is 4.19. The number of rotatable bonds is 0. The van der Waals surface area contributed by atoms with Gasteiger partial charge < -0.3 is 5.53 Å². The average Bonchev–Trinajstić information content (AvgIpc) is 2.67. The van der Waals surface area contributed by atoms with Gasteiger partial charge in [-0.3, -0.25) is 0 Å². The summed E-state index contributed by atoms with van der Waals surface area (Å²) in [7, 11) is 0. The largest absolute Gasteiger partial charge is 0.361 e. The summed E-state index contributed by atoms with van der Waals surface area (Å²) >= 11 is 0. The van der Waals surface area contributed by atoms with Crippen LogP contribution in [0.5, 0.6) is 0 Å². The van der Waals surface area contributed by atoms with Crippen molar-refractivity contribution in [2.75, 3.05) is 0 Å². The SMILES string of the molecule is [N-]=[N+]=C1CCCC2=C1Cc1ccccc12. The fraction of sp³-hybridized carbons (Fsp3) is 0.308. The molecular formula is C13H12N2. The summed E-state index contributed by atoms with van der Waals surface area (Å²) in [5.41, 5.74) is 15.3. The quantitative estimate of drug-likeness (QED) is 0.452. The molecule has 0 unspecified atom stereocenters. The highest BCUT2D eigenvalue weighted by Gasteiger charge is 2.31. The molecule has 0 atom stereocenters. The second kappa shape index (κ2) is 3.18. The maximum Gasteiger partial charge on any atom is 0.295 e. The van der Waals surface area contributed by atoms with Gasteiger partial charge >= 0.3 is 0 Å². The van der Waals surface area contributed by atoms with Crippen molar-refractivity contribution in [3.63, 3.8) is 0 Å². The van der Waals surface area contributed by atoms with Crippen molar-refractivity contribution in [1.29, 1.82) is 0 Å². The number of fused-ring (bicyclic) bond motifs is 2. The monoisotopic (exact) mass is 196 g/mol. The highest BCUT2D eigenvalue weighted by Crippen LogP contribution is 2.39. The van der Waals surface area contributed by atoms with Crippen LogP contribution in [0, 0.1) is 0 Å². The lowest BCUT2D eigenvalue weighted by Gasteiger charge is -2.10. The van der Waals surface area contributed by atoms with E-state index in [0.29, 0.717) is 0 Å². The molecule has 0 N–H and O–H groups in total. The zero-order valence-electron chi connectivity index (χ0n) is 8.53. The molecule has 0 fully saturated rings. The van der Waals surface area contributed by atoms with Crippen molar-refractivity contribution in [1.82, 2.24) is 0 Å². The Labute approximate surface area is 88.9 Å². The van der Waals surface area contributed by atoms with Crippen LogP contribution >= 0.6 is 0 Å². The Morgan fingerprint density at radius 1 is 1.07 bits per heavy atom. The van der Waals surface area contributed by atoms with E-state index in [-0.39, 0.29) is 0 Å². The predicted molar refractivity (Wildman–Crippen MR) is 59.5 cm³/mol. The fourth-order valence-corrected chi connectivity index (χ4v) is 2.68. The minimum atomic E-state index is 0.896. The lowest BCUT2D eigenvalue weighted by molar-refractivity contribution is -0.00782. The predicted octanol–water partition coefficient (Wildman–Crippen LogP) is 2.85. The molecule has 0 heterocycles. The molecule has 0 amide bonds. The first-order valence-corrected chi connectivity index (χ1v) is 5.42. The molecule has 2 heteroatoms. The number of nitrogens with zero attached hydrogens (tertiary/aromatic N) is 2. The van der Waals surface area contributed by atoms with Crippen LogP contribution in [-0.4, -0.2) is 10.5 Å². The Kier molecular flexibility index (Phi) is 1.83. The van der Waals surface area contributed by atoms with E-state index < -0.39 is 0 Å². The molecule has 2 nitrogen and oxygen atoms in total. The third-order valence-electron chi connectivity index (χ3n) is 3.38. The van der Waals surface area contributed by atoms with Crippen LogP contribution in [0.1, 0.15) is 30.4 Å². The number of hydrogen-bond donors (Lipinski definition) is 0. The molecule has 0 saturated carbocycles. The van der Waals surface area contributed by atoms with Crippen LogP contribution in [0.15, 0.2) is 29.8 Å². The number of allylic oxidation sites excluding steroid dienone is 2. The van der Waals surface area contributed by atoms with Crippen molar-refractivity contribution in [2.24, 2.45) is 0 Å². The van der Waals surface area contributed by atoms with Gasteiger partial charge in [0.2, 0.25) is 0 Å². The van der Waals surface area contributed by atoms with Crippen molar-refractivity contribution >= 4 is 11.3 Å².